The molecule has 0 aliphatic heterocycles. The smallest absolute Gasteiger partial charge is 0.310 e. The van der Waals surface area contributed by atoms with Gasteiger partial charge >= 0.3 is 5.69 Å². The molecular formula is C16H21N3O. The van der Waals surface area contributed by atoms with Crippen LogP contribution in [0.3, 0.4) is 0 Å². The van der Waals surface area contributed by atoms with Gasteiger partial charge in [0.05, 0.1) is 11.0 Å². The SMILES string of the molecule is CC(NCC1CC=CCC1)c1ccc2[nH]c(=O)[nH]c2c1. The number of H-pyrrole nitrogens is 2. The first kappa shape index (κ1) is 13.2. The van der Waals surface area contributed by atoms with Gasteiger partial charge in [-0.05, 0) is 56.3 Å². The molecule has 0 saturated carbocycles. The monoisotopic (exact) mass is 271 g/mol. The van der Waals surface area contributed by atoms with Gasteiger partial charge < -0.3 is 15.3 Å². The van der Waals surface area contributed by atoms with Crippen molar-refractivity contribution in [2.24, 2.45) is 5.92 Å². The molecular weight excluding hydrogens is 250 g/mol. The highest BCUT2D eigenvalue weighted by Crippen LogP contribution is 2.20. The number of fused-ring (bicyclic) bond motifs is 1. The summed E-state index contributed by atoms with van der Waals surface area (Å²) in [6, 6.07) is 6.38. The molecule has 1 aromatic carbocycles. The normalized spacial score (nSPS) is 20.4. The Balaban J connectivity index is 1.66. The molecule has 1 heterocycles. The van der Waals surface area contributed by atoms with Crippen LogP contribution in [0.5, 0.6) is 0 Å². The van der Waals surface area contributed by atoms with Gasteiger partial charge in [0.2, 0.25) is 0 Å². The Morgan fingerprint density at radius 2 is 2.15 bits per heavy atom. The molecule has 0 fully saturated rings. The zero-order valence-corrected chi connectivity index (χ0v) is 11.8. The molecule has 0 bridgehead atoms. The third kappa shape index (κ3) is 2.85. The van der Waals surface area contributed by atoms with Gasteiger partial charge in [-0.3, -0.25) is 0 Å². The zero-order valence-electron chi connectivity index (χ0n) is 11.8. The highest BCUT2D eigenvalue weighted by atomic mass is 16.1. The average molecular weight is 271 g/mol. The predicted octanol–water partition coefficient (Wildman–Crippen LogP) is 2.86. The number of rotatable bonds is 4. The molecule has 2 aromatic rings. The summed E-state index contributed by atoms with van der Waals surface area (Å²) >= 11 is 0. The second kappa shape index (κ2) is 5.67. The first-order valence-corrected chi connectivity index (χ1v) is 7.32. The topological polar surface area (TPSA) is 60.7 Å². The second-order valence-corrected chi connectivity index (χ2v) is 5.66. The Kier molecular flexibility index (Phi) is 3.74. The third-order valence-corrected chi connectivity index (χ3v) is 4.13. The molecule has 0 saturated heterocycles. The van der Waals surface area contributed by atoms with Gasteiger partial charge in [0.1, 0.15) is 0 Å². The van der Waals surface area contributed by atoms with E-state index < -0.39 is 0 Å². The Morgan fingerprint density at radius 1 is 1.30 bits per heavy atom. The fourth-order valence-electron chi connectivity index (χ4n) is 2.82. The van der Waals surface area contributed by atoms with Gasteiger partial charge in [-0.15, -0.1) is 0 Å². The standard InChI is InChI=1S/C16H21N3O/c1-11(17-10-12-5-3-2-4-6-12)13-7-8-14-15(9-13)19-16(20)18-14/h2-3,7-9,11-12,17H,4-6,10H2,1H3,(H2,18,19,20). The third-order valence-electron chi connectivity index (χ3n) is 4.13. The van der Waals surface area contributed by atoms with Crippen LogP contribution < -0.4 is 11.0 Å². The lowest BCUT2D eigenvalue weighted by atomic mass is 9.94. The molecule has 1 aliphatic rings. The van der Waals surface area contributed by atoms with Crippen molar-refractivity contribution in [3.63, 3.8) is 0 Å². The van der Waals surface area contributed by atoms with Gasteiger partial charge in [0, 0.05) is 6.04 Å². The minimum Gasteiger partial charge on any atom is -0.310 e. The highest BCUT2D eigenvalue weighted by molar-refractivity contribution is 5.75. The van der Waals surface area contributed by atoms with Crippen molar-refractivity contribution in [1.82, 2.24) is 15.3 Å². The van der Waals surface area contributed by atoms with E-state index in [-0.39, 0.29) is 5.69 Å². The average Bonchev–Trinajstić information content (AvgIpc) is 2.85. The van der Waals surface area contributed by atoms with Crippen LogP contribution in [0.15, 0.2) is 35.1 Å². The fraction of sp³-hybridized carbons (Fsp3) is 0.438. The van der Waals surface area contributed by atoms with Crippen LogP contribution in [0.25, 0.3) is 11.0 Å². The largest absolute Gasteiger partial charge is 0.323 e. The predicted molar refractivity (Wildman–Crippen MR) is 81.8 cm³/mol. The summed E-state index contributed by atoms with van der Waals surface area (Å²) < 4.78 is 0. The van der Waals surface area contributed by atoms with E-state index in [4.69, 9.17) is 0 Å². The quantitative estimate of drug-likeness (QED) is 0.749. The Bertz CT molecular complexity index is 668. The van der Waals surface area contributed by atoms with E-state index in [1.165, 1.54) is 24.8 Å². The van der Waals surface area contributed by atoms with Crippen LogP contribution in [-0.2, 0) is 0 Å². The van der Waals surface area contributed by atoms with Crippen LogP contribution in [0.4, 0.5) is 0 Å². The maximum atomic E-state index is 11.3. The molecule has 0 spiro atoms. The van der Waals surface area contributed by atoms with Crippen molar-refractivity contribution in [2.45, 2.75) is 32.2 Å². The Morgan fingerprint density at radius 3 is 2.95 bits per heavy atom. The van der Waals surface area contributed by atoms with Crippen molar-refractivity contribution < 1.29 is 0 Å². The van der Waals surface area contributed by atoms with E-state index in [2.05, 4.69) is 40.4 Å². The summed E-state index contributed by atoms with van der Waals surface area (Å²) in [5.74, 6) is 0.748. The molecule has 20 heavy (non-hydrogen) atoms. The number of aromatic amines is 2. The summed E-state index contributed by atoms with van der Waals surface area (Å²) in [5.41, 5.74) is 2.80. The number of benzene rings is 1. The fourth-order valence-corrected chi connectivity index (χ4v) is 2.82. The molecule has 106 valence electrons. The van der Waals surface area contributed by atoms with Crippen LogP contribution in [-0.4, -0.2) is 16.5 Å². The number of aromatic nitrogens is 2. The molecule has 1 aliphatic carbocycles. The van der Waals surface area contributed by atoms with Gasteiger partial charge in [-0.1, -0.05) is 18.2 Å². The number of hydrogen-bond donors (Lipinski definition) is 3. The molecule has 3 rings (SSSR count). The van der Waals surface area contributed by atoms with E-state index >= 15 is 0 Å². The summed E-state index contributed by atoms with van der Waals surface area (Å²) in [4.78, 5) is 16.8. The van der Waals surface area contributed by atoms with Crippen LogP contribution >= 0.6 is 0 Å². The molecule has 4 heteroatoms. The minimum atomic E-state index is -0.147. The summed E-state index contributed by atoms with van der Waals surface area (Å²) in [7, 11) is 0. The Hall–Kier alpha value is -1.81. The highest BCUT2D eigenvalue weighted by Gasteiger charge is 2.12. The number of hydrogen-bond acceptors (Lipinski definition) is 2. The lowest BCUT2D eigenvalue weighted by Crippen LogP contribution is -2.26. The van der Waals surface area contributed by atoms with Crippen molar-refractivity contribution in [1.29, 1.82) is 0 Å². The van der Waals surface area contributed by atoms with E-state index in [1.54, 1.807) is 0 Å². The molecule has 2 unspecified atom stereocenters. The van der Waals surface area contributed by atoms with Crippen molar-refractivity contribution in [2.75, 3.05) is 6.54 Å². The number of imidazole rings is 1. The van der Waals surface area contributed by atoms with E-state index in [0.29, 0.717) is 6.04 Å². The van der Waals surface area contributed by atoms with E-state index in [0.717, 1.165) is 23.5 Å². The van der Waals surface area contributed by atoms with Crippen LogP contribution in [0.1, 0.15) is 37.8 Å². The molecule has 0 amide bonds. The lowest BCUT2D eigenvalue weighted by Gasteiger charge is -2.21. The van der Waals surface area contributed by atoms with Gasteiger partial charge in [0.15, 0.2) is 0 Å². The second-order valence-electron chi connectivity index (χ2n) is 5.66. The summed E-state index contributed by atoms with van der Waals surface area (Å²) in [5, 5.41) is 3.60. The van der Waals surface area contributed by atoms with Crippen molar-refractivity contribution in [3.05, 3.63) is 46.4 Å². The molecule has 0 radical (unpaired) electrons. The summed E-state index contributed by atoms with van der Waals surface area (Å²) in [6.07, 6.45) is 8.23. The molecule has 3 N–H and O–H groups in total. The number of nitrogens with one attached hydrogen (secondary N) is 3. The van der Waals surface area contributed by atoms with Gasteiger partial charge in [-0.25, -0.2) is 4.79 Å². The zero-order chi connectivity index (χ0) is 13.9. The molecule has 4 nitrogen and oxygen atoms in total. The van der Waals surface area contributed by atoms with Crippen LogP contribution in [0.2, 0.25) is 0 Å². The minimum absolute atomic E-state index is 0.147. The first-order chi connectivity index (χ1) is 9.72. The van der Waals surface area contributed by atoms with Crippen molar-refractivity contribution in [3.8, 4) is 0 Å². The van der Waals surface area contributed by atoms with Crippen molar-refractivity contribution >= 4 is 11.0 Å². The number of allylic oxidation sites excluding steroid dienone is 2. The van der Waals surface area contributed by atoms with Crippen LogP contribution in [0, 0.1) is 5.92 Å². The van der Waals surface area contributed by atoms with E-state index in [1.807, 2.05) is 12.1 Å². The summed E-state index contributed by atoms with van der Waals surface area (Å²) in [6.45, 7) is 3.22. The lowest BCUT2D eigenvalue weighted by molar-refractivity contribution is 0.415. The molecule has 2 atom stereocenters. The first-order valence-electron chi connectivity index (χ1n) is 7.32. The van der Waals surface area contributed by atoms with Gasteiger partial charge in [-0.2, -0.15) is 0 Å². The van der Waals surface area contributed by atoms with E-state index in [9.17, 15) is 4.79 Å². The molecule has 1 aromatic heterocycles. The van der Waals surface area contributed by atoms with Gasteiger partial charge in [0.25, 0.3) is 0 Å². The maximum Gasteiger partial charge on any atom is 0.323 e. The Labute approximate surface area is 118 Å². The maximum absolute atomic E-state index is 11.3.